The number of aliphatic hydroxyl groups excluding tert-OH is 1. The number of hydrogen-bond donors (Lipinski definition) is 1. The van der Waals surface area contributed by atoms with Crippen LogP contribution in [0.2, 0.25) is 0 Å². The van der Waals surface area contributed by atoms with Gasteiger partial charge >= 0.3 is 0 Å². The van der Waals surface area contributed by atoms with Gasteiger partial charge < -0.3 is 9.84 Å². The average Bonchev–Trinajstić information content (AvgIpc) is 2.73. The van der Waals surface area contributed by atoms with Crippen LogP contribution < -0.4 is 0 Å². The highest BCUT2D eigenvalue weighted by Crippen LogP contribution is 2.15. The molecule has 1 rings (SSSR count). The molecule has 0 saturated carbocycles. The van der Waals surface area contributed by atoms with Crippen LogP contribution in [0.3, 0.4) is 0 Å². The molecule has 2 nitrogen and oxygen atoms in total. The topological polar surface area (TPSA) is 29.5 Å². The molecule has 0 saturated heterocycles. The third kappa shape index (κ3) is 6.48. The summed E-state index contributed by atoms with van der Waals surface area (Å²) in [4.78, 5) is 1.21. The van der Waals surface area contributed by atoms with Crippen LogP contribution >= 0.6 is 11.3 Å². The molecule has 0 fully saturated rings. The Labute approximate surface area is 108 Å². The molecule has 1 heterocycles. The molecule has 0 aliphatic rings. The Balaban J connectivity index is 2.29. The van der Waals surface area contributed by atoms with E-state index in [1.54, 1.807) is 11.3 Å². The van der Waals surface area contributed by atoms with Crippen molar-refractivity contribution in [2.75, 3.05) is 13.2 Å². The highest BCUT2D eigenvalue weighted by Gasteiger charge is 1.99. The van der Waals surface area contributed by atoms with Crippen molar-refractivity contribution in [3.8, 4) is 11.8 Å². The zero-order valence-electron chi connectivity index (χ0n) is 10.5. The molecular formula is C14H20O2S. The Morgan fingerprint density at radius 1 is 1.47 bits per heavy atom. The van der Waals surface area contributed by atoms with Gasteiger partial charge in [0.15, 0.2) is 0 Å². The van der Waals surface area contributed by atoms with E-state index in [4.69, 9.17) is 9.84 Å². The van der Waals surface area contributed by atoms with E-state index in [2.05, 4.69) is 31.8 Å². The summed E-state index contributed by atoms with van der Waals surface area (Å²) in [6.45, 7) is 6.02. The monoisotopic (exact) mass is 252 g/mol. The average molecular weight is 252 g/mol. The summed E-state index contributed by atoms with van der Waals surface area (Å²) in [5, 5.41) is 10.7. The van der Waals surface area contributed by atoms with E-state index in [-0.39, 0.29) is 6.61 Å². The number of rotatable bonds is 6. The van der Waals surface area contributed by atoms with Gasteiger partial charge in [-0.05, 0) is 18.4 Å². The minimum atomic E-state index is 0.127. The molecule has 0 unspecified atom stereocenters. The quantitative estimate of drug-likeness (QED) is 0.623. The molecule has 94 valence electrons. The Morgan fingerprint density at radius 3 is 3.00 bits per heavy atom. The molecule has 0 bridgehead atoms. The van der Waals surface area contributed by atoms with Crippen LogP contribution in [0.25, 0.3) is 0 Å². The van der Waals surface area contributed by atoms with E-state index in [9.17, 15) is 0 Å². The van der Waals surface area contributed by atoms with Crippen molar-refractivity contribution in [2.45, 2.75) is 33.3 Å². The van der Waals surface area contributed by atoms with E-state index in [0.29, 0.717) is 18.9 Å². The van der Waals surface area contributed by atoms with Crippen LogP contribution in [-0.2, 0) is 11.3 Å². The van der Waals surface area contributed by atoms with Gasteiger partial charge in [-0.2, -0.15) is 0 Å². The first-order valence-electron chi connectivity index (χ1n) is 5.97. The molecule has 0 atom stereocenters. The Hall–Kier alpha value is -0.820. The van der Waals surface area contributed by atoms with Crippen molar-refractivity contribution < 1.29 is 9.84 Å². The number of hydrogen-bond acceptors (Lipinski definition) is 3. The van der Waals surface area contributed by atoms with Crippen molar-refractivity contribution in [2.24, 2.45) is 5.92 Å². The lowest BCUT2D eigenvalue weighted by Gasteiger charge is -2.04. The van der Waals surface area contributed by atoms with Crippen molar-refractivity contribution in [1.29, 1.82) is 0 Å². The van der Waals surface area contributed by atoms with Gasteiger partial charge in [-0.25, -0.2) is 0 Å². The molecule has 1 aromatic rings. The second-order valence-electron chi connectivity index (χ2n) is 4.31. The lowest BCUT2D eigenvalue weighted by atomic mass is 10.1. The summed E-state index contributed by atoms with van der Waals surface area (Å²) >= 11 is 1.68. The van der Waals surface area contributed by atoms with E-state index in [1.807, 2.05) is 5.38 Å². The molecule has 0 aromatic carbocycles. The summed E-state index contributed by atoms with van der Waals surface area (Å²) in [6, 6.07) is 2.06. The predicted octanol–water partition coefficient (Wildman–Crippen LogP) is 3.04. The fourth-order valence-electron chi connectivity index (χ4n) is 1.23. The van der Waals surface area contributed by atoms with E-state index < -0.39 is 0 Å². The standard InChI is InChI=1S/C14H20O2S/c1-12(2)6-8-16-10-14-9-13(11-17-14)5-3-4-7-15/h9,11-12,15H,4,6-8,10H2,1-2H3. The van der Waals surface area contributed by atoms with Crippen molar-refractivity contribution in [3.05, 3.63) is 21.9 Å². The maximum absolute atomic E-state index is 8.62. The van der Waals surface area contributed by atoms with Crippen LogP contribution in [0.4, 0.5) is 0 Å². The molecule has 17 heavy (non-hydrogen) atoms. The smallest absolute Gasteiger partial charge is 0.0809 e. The maximum atomic E-state index is 8.62. The molecule has 0 spiro atoms. The van der Waals surface area contributed by atoms with Crippen LogP contribution in [0, 0.1) is 17.8 Å². The Morgan fingerprint density at radius 2 is 2.29 bits per heavy atom. The van der Waals surface area contributed by atoms with Gasteiger partial charge in [0, 0.05) is 28.8 Å². The summed E-state index contributed by atoms with van der Waals surface area (Å²) in [5.41, 5.74) is 1.02. The van der Waals surface area contributed by atoms with Crippen molar-refractivity contribution in [1.82, 2.24) is 0 Å². The van der Waals surface area contributed by atoms with Gasteiger partial charge in [-0.1, -0.05) is 25.7 Å². The zero-order valence-corrected chi connectivity index (χ0v) is 11.3. The zero-order chi connectivity index (χ0) is 12.5. The minimum Gasteiger partial charge on any atom is -0.395 e. The van der Waals surface area contributed by atoms with Gasteiger partial charge in [-0.15, -0.1) is 11.3 Å². The predicted molar refractivity (Wildman–Crippen MR) is 72.0 cm³/mol. The molecule has 1 aromatic heterocycles. The molecule has 1 N–H and O–H groups in total. The molecule has 0 radical (unpaired) electrons. The highest BCUT2D eigenvalue weighted by atomic mass is 32.1. The molecule has 0 amide bonds. The largest absolute Gasteiger partial charge is 0.395 e. The van der Waals surface area contributed by atoms with E-state index >= 15 is 0 Å². The van der Waals surface area contributed by atoms with E-state index in [0.717, 1.165) is 18.6 Å². The van der Waals surface area contributed by atoms with Crippen LogP contribution in [-0.4, -0.2) is 18.3 Å². The summed E-state index contributed by atoms with van der Waals surface area (Å²) in [6.07, 6.45) is 1.64. The first-order valence-corrected chi connectivity index (χ1v) is 6.85. The molecule has 0 aliphatic heterocycles. The van der Waals surface area contributed by atoms with Crippen LogP contribution in [0.1, 0.15) is 37.1 Å². The fourth-order valence-corrected chi connectivity index (χ4v) is 1.99. The second-order valence-corrected chi connectivity index (χ2v) is 5.31. The van der Waals surface area contributed by atoms with Crippen molar-refractivity contribution in [3.63, 3.8) is 0 Å². The summed E-state index contributed by atoms with van der Waals surface area (Å²) in [5.74, 6) is 6.63. The molecule has 0 aliphatic carbocycles. The number of thiophene rings is 1. The van der Waals surface area contributed by atoms with Gasteiger partial charge in [0.2, 0.25) is 0 Å². The molecule has 3 heteroatoms. The van der Waals surface area contributed by atoms with Gasteiger partial charge in [-0.3, -0.25) is 0 Å². The van der Waals surface area contributed by atoms with Gasteiger partial charge in [0.05, 0.1) is 13.2 Å². The lowest BCUT2D eigenvalue weighted by molar-refractivity contribution is 0.112. The molecular weight excluding hydrogens is 232 g/mol. The van der Waals surface area contributed by atoms with Crippen LogP contribution in [0.15, 0.2) is 11.4 Å². The minimum absolute atomic E-state index is 0.127. The Kier molecular flexibility index (Phi) is 6.95. The SMILES string of the molecule is CC(C)CCOCc1cc(C#CCCO)cs1. The van der Waals surface area contributed by atoms with E-state index in [1.165, 1.54) is 4.88 Å². The summed E-state index contributed by atoms with van der Waals surface area (Å²) in [7, 11) is 0. The van der Waals surface area contributed by atoms with Crippen molar-refractivity contribution >= 4 is 11.3 Å². The third-order valence-corrected chi connectivity index (χ3v) is 3.12. The third-order valence-electron chi connectivity index (χ3n) is 2.21. The fraction of sp³-hybridized carbons (Fsp3) is 0.571. The number of aliphatic hydroxyl groups is 1. The maximum Gasteiger partial charge on any atom is 0.0809 e. The second kappa shape index (κ2) is 8.30. The first kappa shape index (κ1) is 14.2. The van der Waals surface area contributed by atoms with Gasteiger partial charge in [0.25, 0.3) is 0 Å². The number of ether oxygens (including phenoxy) is 1. The van der Waals surface area contributed by atoms with Gasteiger partial charge in [0.1, 0.15) is 0 Å². The first-order chi connectivity index (χ1) is 8.22. The van der Waals surface area contributed by atoms with Crippen LogP contribution in [0.5, 0.6) is 0 Å². The lowest BCUT2D eigenvalue weighted by Crippen LogP contribution is -1.98. The Bertz CT molecular complexity index is 371. The summed E-state index contributed by atoms with van der Waals surface area (Å²) < 4.78 is 5.59. The highest BCUT2D eigenvalue weighted by molar-refractivity contribution is 7.10. The normalized spacial score (nSPS) is 10.4.